The van der Waals surface area contributed by atoms with Gasteiger partial charge in [-0.25, -0.2) is 8.42 Å². The number of halogens is 2. The van der Waals surface area contributed by atoms with E-state index in [1.54, 1.807) is 55.5 Å². The summed E-state index contributed by atoms with van der Waals surface area (Å²) in [6.07, 6.45) is 0.707. The molecule has 0 fully saturated rings. The van der Waals surface area contributed by atoms with Crippen LogP contribution in [0.4, 0.5) is 5.69 Å². The van der Waals surface area contributed by atoms with Gasteiger partial charge in [0.15, 0.2) is 0 Å². The fourth-order valence-electron chi connectivity index (χ4n) is 4.14. The van der Waals surface area contributed by atoms with Gasteiger partial charge in [0.05, 0.1) is 10.6 Å². The average molecular weight is 605 g/mol. The van der Waals surface area contributed by atoms with E-state index >= 15 is 0 Å². The van der Waals surface area contributed by atoms with Crippen molar-refractivity contribution in [3.8, 4) is 0 Å². The number of carbonyl (C=O) groups excluding carboxylic acids is 2. The van der Waals surface area contributed by atoms with Crippen LogP contribution in [0, 0.1) is 13.8 Å². The maximum Gasteiger partial charge on any atom is 0.264 e. The van der Waals surface area contributed by atoms with Crippen molar-refractivity contribution in [2.24, 2.45) is 0 Å². The van der Waals surface area contributed by atoms with Crippen LogP contribution < -0.4 is 9.62 Å². The van der Waals surface area contributed by atoms with E-state index in [2.05, 4.69) is 5.32 Å². The third-order valence-electron chi connectivity index (χ3n) is 7.01. The number of carbonyl (C=O) groups is 2. The lowest BCUT2D eigenvalue weighted by atomic mass is 10.1. The van der Waals surface area contributed by atoms with Gasteiger partial charge >= 0.3 is 0 Å². The van der Waals surface area contributed by atoms with Gasteiger partial charge in [0, 0.05) is 28.2 Å². The van der Waals surface area contributed by atoms with Gasteiger partial charge in [-0.05, 0) is 75.6 Å². The van der Waals surface area contributed by atoms with E-state index in [4.69, 9.17) is 23.2 Å². The Morgan fingerprint density at radius 2 is 1.50 bits per heavy atom. The molecule has 0 aromatic heterocycles. The monoisotopic (exact) mass is 603 g/mol. The number of benzene rings is 3. The quantitative estimate of drug-likeness (QED) is 0.285. The lowest BCUT2D eigenvalue weighted by Crippen LogP contribution is -2.52. The fraction of sp³-hybridized carbons (Fsp3) is 0.333. The van der Waals surface area contributed by atoms with Gasteiger partial charge in [0.25, 0.3) is 10.0 Å². The zero-order valence-electron chi connectivity index (χ0n) is 23.3. The molecule has 2 amide bonds. The molecular formula is C30H35Cl2N3O4S. The lowest BCUT2D eigenvalue weighted by Gasteiger charge is -2.33. The van der Waals surface area contributed by atoms with E-state index in [1.165, 1.54) is 17.0 Å². The highest BCUT2D eigenvalue weighted by Gasteiger charge is 2.34. The highest BCUT2D eigenvalue weighted by molar-refractivity contribution is 7.92. The standard InChI is InChI=1S/C30H35Cl2N3O4S/c1-6-21(3)33-30(37)23(5)34(18-25-26(31)15-11-16-27(25)32)29(36)19-35(28-17-10-12-20(2)22(28)4)40(38,39)24-13-8-7-9-14-24/h7-17,21,23H,6,18-19H2,1-5H3,(H,33,37). The minimum absolute atomic E-state index is 0.0481. The predicted molar refractivity (Wildman–Crippen MR) is 161 cm³/mol. The van der Waals surface area contributed by atoms with Gasteiger partial charge in [-0.2, -0.15) is 0 Å². The summed E-state index contributed by atoms with van der Waals surface area (Å²) in [5.74, 6) is -0.946. The third-order valence-corrected chi connectivity index (χ3v) is 9.50. The first-order chi connectivity index (χ1) is 18.9. The molecule has 3 aromatic carbocycles. The highest BCUT2D eigenvalue weighted by Crippen LogP contribution is 2.30. The molecule has 0 saturated carbocycles. The van der Waals surface area contributed by atoms with E-state index in [0.717, 1.165) is 15.4 Å². The van der Waals surface area contributed by atoms with Gasteiger partial charge in [-0.3, -0.25) is 13.9 Å². The van der Waals surface area contributed by atoms with Gasteiger partial charge in [-0.1, -0.05) is 66.5 Å². The number of aryl methyl sites for hydroxylation is 1. The molecule has 0 bridgehead atoms. The molecule has 0 heterocycles. The summed E-state index contributed by atoms with van der Waals surface area (Å²) in [5, 5.41) is 3.58. The second-order valence-electron chi connectivity index (χ2n) is 9.76. The molecule has 3 aromatic rings. The molecule has 2 atom stereocenters. The molecule has 0 spiro atoms. The zero-order valence-corrected chi connectivity index (χ0v) is 25.6. The Bertz CT molecular complexity index is 1440. The molecule has 7 nitrogen and oxygen atoms in total. The van der Waals surface area contributed by atoms with Crippen LogP contribution in [0.25, 0.3) is 0 Å². The van der Waals surface area contributed by atoms with Crippen LogP contribution in [0.2, 0.25) is 10.0 Å². The summed E-state index contributed by atoms with van der Waals surface area (Å²) in [5.41, 5.74) is 2.44. The molecule has 0 saturated heterocycles. The maximum absolute atomic E-state index is 14.1. The molecule has 0 radical (unpaired) electrons. The van der Waals surface area contributed by atoms with Crippen molar-refractivity contribution in [3.05, 3.63) is 93.5 Å². The van der Waals surface area contributed by atoms with Crippen LogP contribution in [-0.4, -0.2) is 43.8 Å². The number of nitrogens with one attached hydrogen (secondary N) is 1. The van der Waals surface area contributed by atoms with Crippen LogP contribution >= 0.6 is 23.2 Å². The van der Waals surface area contributed by atoms with E-state index in [1.807, 2.05) is 33.8 Å². The SMILES string of the molecule is CCC(C)NC(=O)C(C)N(Cc1c(Cl)cccc1Cl)C(=O)CN(c1cccc(C)c1C)S(=O)(=O)c1ccccc1. The van der Waals surface area contributed by atoms with Crippen molar-refractivity contribution in [2.75, 3.05) is 10.8 Å². The van der Waals surface area contributed by atoms with Crippen molar-refractivity contribution >= 4 is 50.7 Å². The second-order valence-corrected chi connectivity index (χ2v) is 12.4. The summed E-state index contributed by atoms with van der Waals surface area (Å²) in [7, 11) is -4.15. The molecule has 10 heteroatoms. The highest BCUT2D eigenvalue weighted by atomic mass is 35.5. The number of sulfonamides is 1. The number of hydrogen-bond donors (Lipinski definition) is 1. The molecule has 1 N–H and O–H groups in total. The molecule has 2 unspecified atom stereocenters. The predicted octanol–water partition coefficient (Wildman–Crippen LogP) is 6.14. The van der Waals surface area contributed by atoms with E-state index in [-0.39, 0.29) is 23.4 Å². The first kappa shape index (κ1) is 31.5. The number of anilines is 1. The van der Waals surface area contributed by atoms with Crippen LogP contribution in [0.1, 0.15) is 43.9 Å². The topological polar surface area (TPSA) is 86.8 Å². The summed E-state index contributed by atoms with van der Waals surface area (Å²) in [4.78, 5) is 28.6. The Kier molecular flexibility index (Phi) is 10.6. The minimum Gasteiger partial charge on any atom is -0.352 e. The third kappa shape index (κ3) is 7.16. The van der Waals surface area contributed by atoms with Gasteiger partial charge < -0.3 is 10.2 Å². The summed E-state index contributed by atoms with van der Waals surface area (Å²) in [6, 6.07) is 17.2. The van der Waals surface area contributed by atoms with Gasteiger partial charge in [-0.15, -0.1) is 0 Å². The van der Waals surface area contributed by atoms with E-state index < -0.39 is 28.5 Å². The van der Waals surface area contributed by atoms with Crippen LogP contribution in [0.3, 0.4) is 0 Å². The zero-order chi connectivity index (χ0) is 29.6. The molecular weight excluding hydrogens is 569 g/mol. The number of amides is 2. The average Bonchev–Trinajstić information content (AvgIpc) is 2.93. The molecule has 3 rings (SSSR count). The Morgan fingerprint density at radius 1 is 0.900 bits per heavy atom. The van der Waals surface area contributed by atoms with E-state index in [9.17, 15) is 18.0 Å². The Morgan fingerprint density at radius 3 is 2.10 bits per heavy atom. The lowest BCUT2D eigenvalue weighted by molar-refractivity contribution is -0.139. The van der Waals surface area contributed by atoms with Crippen molar-refractivity contribution in [2.45, 2.75) is 64.6 Å². The molecule has 0 aliphatic heterocycles. The van der Waals surface area contributed by atoms with Gasteiger partial charge in [0.2, 0.25) is 11.8 Å². The van der Waals surface area contributed by atoms with Crippen LogP contribution in [0.15, 0.2) is 71.6 Å². The van der Waals surface area contributed by atoms with Crippen molar-refractivity contribution < 1.29 is 18.0 Å². The Balaban J connectivity index is 2.10. The number of nitrogens with zero attached hydrogens (tertiary/aromatic N) is 2. The molecule has 0 aliphatic rings. The van der Waals surface area contributed by atoms with Crippen molar-refractivity contribution in [3.63, 3.8) is 0 Å². The Hall–Kier alpha value is -3.07. The van der Waals surface area contributed by atoms with Crippen LogP contribution in [0.5, 0.6) is 0 Å². The van der Waals surface area contributed by atoms with Crippen molar-refractivity contribution in [1.29, 1.82) is 0 Å². The normalized spacial score (nSPS) is 12.9. The second kappa shape index (κ2) is 13.5. The molecule has 40 heavy (non-hydrogen) atoms. The molecule has 0 aliphatic carbocycles. The first-order valence-corrected chi connectivity index (χ1v) is 15.2. The molecule has 214 valence electrons. The summed E-state index contributed by atoms with van der Waals surface area (Å²) in [6.45, 7) is 8.49. The first-order valence-electron chi connectivity index (χ1n) is 13.0. The van der Waals surface area contributed by atoms with Crippen molar-refractivity contribution in [1.82, 2.24) is 10.2 Å². The summed E-state index contributed by atoms with van der Waals surface area (Å²) < 4.78 is 29.0. The van der Waals surface area contributed by atoms with E-state index in [0.29, 0.717) is 27.7 Å². The van der Waals surface area contributed by atoms with Crippen LogP contribution in [-0.2, 0) is 26.2 Å². The number of hydrogen-bond acceptors (Lipinski definition) is 4. The minimum atomic E-state index is -4.15. The smallest absolute Gasteiger partial charge is 0.264 e. The Labute approximate surface area is 247 Å². The largest absolute Gasteiger partial charge is 0.352 e. The fourth-order valence-corrected chi connectivity index (χ4v) is 6.15. The maximum atomic E-state index is 14.1. The number of rotatable bonds is 11. The van der Waals surface area contributed by atoms with Gasteiger partial charge in [0.1, 0.15) is 12.6 Å². The summed E-state index contributed by atoms with van der Waals surface area (Å²) >= 11 is 12.9.